The van der Waals surface area contributed by atoms with Gasteiger partial charge in [-0.3, -0.25) is 0 Å². The molecule has 0 aromatic heterocycles. The molecule has 0 aliphatic heterocycles. The normalized spacial score (nSPS) is 41.0. The molecule has 7 rings (SSSR count). The van der Waals surface area contributed by atoms with Crippen LogP contribution in [0.4, 0.5) is 0 Å². The average Bonchev–Trinajstić information content (AvgIpc) is 2.91. The second kappa shape index (κ2) is 3.50. The first-order chi connectivity index (χ1) is 10.4. The Labute approximate surface area is 125 Å². The van der Waals surface area contributed by atoms with Gasteiger partial charge in [-0.25, -0.2) is 0 Å². The van der Waals surface area contributed by atoms with Gasteiger partial charge in [-0.2, -0.15) is 0 Å². The highest BCUT2D eigenvalue weighted by Gasteiger charge is 2.77. The van der Waals surface area contributed by atoms with Crippen LogP contribution in [0.2, 0.25) is 0 Å². The van der Waals surface area contributed by atoms with Crippen molar-refractivity contribution in [1.29, 1.82) is 0 Å². The van der Waals surface area contributed by atoms with Crippen LogP contribution in [-0.4, -0.2) is 0 Å². The van der Waals surface area contributed by atoms with E-state index in [1.54, 1.807) is 11.1 Å². The van der Waals surface area contributed by atoms with Crippen LogP contribution in [0.3, 0.4) is 0 Å². The molecule has 4 atom stereocenters. The van der Waals surface area contributed by atoms with Crippen molar-refractivity contribution < 1.29 is 0 Å². The van der Waals surface area contributed by atoms with E-state index in [0.29, 0.717) is 0 Å². The molecule has 5 aliphatic rings. The molecule has 4 saturated carbocycles. The molecule has 2 aromatic carbocycles. The number of hydrogen-bond donors (Lipinski definition) is 0. The second-order valence-corrected chi connectivity index (χ2v) is 7.33. The van der Waals surface area contributed by atoms with Crippen LogP contribution in [0.1, 0.15) is 17.5 Å². The van der Waals surface area contributed by atoms with Gasteiger partial charge in [0.15, 0.2) is 0 Å². The average molecular weight is 270 g/mol. The Morgan fingerprint density at radius 2 is 1.05 bits per heavy atom. The van der Waals surface area contributed by atoms with Crippen LogP contribution in [0, 0.1) is 35.5 Å². The Kier molecular flexibility index (Phi) is 1.80. The summed E-state index contributed by atoms with van der Waals surface area (Å²) in [6.07, 6.45) is 1.51. The van der Waals surface area contributed by atoms with E-state index in [1.807, 2.05) is 0 Å². The molecule has 0 spiro atoms. The quantitative estimate of drug-likeness (QED) is 0.739. The van der Waals surface area contributed by atoms with Gasteiger partial charge in [-0.15, -0.1) is 0 Å². The zero-order valence-electron chi connectivity index (χ0n) is 11.9. The van der Waals surface area contributed by atoms with E-state index in [-0.39, 0.29) is 0 Å². The summed E-state index contributed by atoms with van der Waals surface area (Å²) in [6, 6.07) is 22.4. The number of allylic oxidation sites excluding steroid dienone is 2. The van der Waals surface area contributed by atoms with Gasteiger partial charge >= 0.3 is 0 Å². The molecular formula is C21H18. The molecule has 0 saturated heterocycles. The van der Waals surface area contributed by atoms with Crippen molar-refractivity contribution in [3.63, 3.8) is 0 Å². The molecule has 6 bridgehead atoms. The smallest absolute Gasteiger partial charge is 0.00845 e. The van der Waals surface area contributed by atoms with E-state index in [0.717, 1.165) is 35.5 Å². The summed E-state index contributed by atoms with van der Waals surface area (Å²) in [6.45, 7) is 0. The predicted octanol–water partition coefficient (Wildman–Crippen LogP) is 4.74. The third-order valence-corrected chi connectivity index (χ3v) is 6.71. The molecule has 0 N–H and O–H groups in total. The summed E-state index contributed by atoms with van der Waals surface area (Å²) >= 11 is 0. The molecule has 0 nitrogen and oxygen atoms in total. The molecule has 0 amide bonds. The van der Waals surface area contributed by atoms with E-state index < -0.39 is 0 Å². The predicted molar refractivity (Wildman–Crippen MR) is 85.3 cm³/mol. The largest absolute Gasteiger partial charge is 0.0622 e. The highest BCUT2D eigenvalue weighted by Crippen LogP contribution is 2.84. The fourth-order valence-electron chi connectivity index (χ4n) is 6.26. The van der Waals surface area contributed by atoms with Crippen LogP contribution >= 0.6 is 0 Å². The molecule has 21 heavy (non-hydrogen) atoms. The standard InChI is InChI=1S/C21H18/c1-3-7-12(8-4-1)16-17(13-9-5-2-6-10-13)19-14-11-15-20(18(14)16)21(15)19/h1-10,14-15,18-21H,11H2. The molecular weight excluding hydrogens is 252 g/mol. The molecule has 5 aliphatic carbocycles. The zero-order chi connectivity index (χ0) is 13.6. The van der Waals surface area contributed by atoms with Crippen LogP contribution in [-0.2, 0) is 0 Å². The van der Waals surface area contributed by atoms with Crippen LogP contribution < -0.4 is 0 Å². The minimum absolute atomic E-state index is 0.877. The van der Waals surface area contributed by atoms with E-state index >= 15 is 0 Å². The number of hydrogen-bond acceptors (Lipinski definition) is 0. The van der Waals surface area contributed by atoms with Crippen molar-refractivity contribution in [2.24, 2.45) is 35.5 Å². The summed E-state index contributed by atoms with van der Waals surface area (Å²) in [5.74, 6) is 5.89. The van der Waals surface area contributed by atoms with Gasteiger partial charge in [-0.1, -0.05) is 60.7 Å². The van der Waals surface area contributed by atoms with Gasteiger partial charge in [0, 0.05) is 0 Å². The molecule has 4 unspecified atom stereocenters. The highest BCUT2D eigenvalue weighted by atomic mass is 14.8. The summed E-state index contributed by atoms with van der Waals surface area (Å²) < 4.78 is 0. The van der Waals surface area contributed by atoms with Crippen molar-refractivity contribution in [2.45, 2.75) is 6.42 Å². The Morgan fingerprint density at radius 3 is 1.48 bits per heavy atom. The monoisotopic (exact) mass is 270 g/mol. The molecule has 0 heteroatoms. The van der Waals surface area contributed by atoms with E-state index in [9.17, 15) is 0 Å². The van der Waals surface area contributed by atoms with Crippen molar-refractivity contribution in [3.05, 3.63) is 71.8 Å². The molecule has 0 radical (unpaired) electrons. The SMILES string of the molecule is c1ccc(C2=C(c3ccccc3)C3C4CC5C(C24)C53)cc1. The van der Waals surface area contributed by atoms with Crippen molar-refractivity contribution in [1.82, 2.24) is 0 Å². The maximum Gasteiger partial charge on any atom is -0.00845 e. The lowest BCUT2D eigenvalue weighted by molar-refractivity contribution is 0.482. The Balaban J connectivity index is 1.62. The minimum atomic E-state index is 0.877. The zero-order valence-corrected chi connectivity index (χ0v) is 11.9. The molecule has 102 valence electrons. The third kappa shape index (κ3) is 1.16. The van der Waals surface area contributed by atoms with Crippen LogP contribution in [0.25, 0.3) is 11.1 Å². The second-order valence-electron chi connectivity index (χ2n) is 7.33. The molecule has 0 heterocycles. The first-order valence-electron chi connectivity index (χ1n) is 8.30. The van der Waals surface area contributed by atoms with Crippen LogP contribution in [0.5, 0.6) is 0 Å². The maximum atomic E-state index is 2.33. The number of benzene rings is 2. The summed E-state index contributed by atoms with van der Waals surface area (Å²) in [4.78, 5) is 0. The first-order valence-corrected chi connectivity index (χ1v) is 8.30. The molecule has 4 fully saturated rings. The summed E-state index contributed by atoms with van der Waals surface area (Å²) in [7, 11) is 0. The summed E-state index contributed by atoms with van der Waals surface area (Å²) in [5.41, 5.74) is 6.39. The lowest BCUT2D eigenvalue weighted by Crippen LogP contribution is -2.05. The van der Waals surface area contributed by atoms with E-state index in [1.165, 1.54) is 17.5 Å². The van der Waals surface area contributed by atoms with Gasteiger partial charge in [0.25, 0.3) is 0 Å². The van der Waals surface area contributed by atoms with Crippen molar-refractivity contribution >= 4 is 11.1 Å². The fourth-order valence-corrected chi connectivity index (χ4v) is 6.26. The Hall–Kier alpha value is -1.82. The minimum Gasteiger partial charge on any atom is -0.0622 e. The van der Waals surface area contributed by atoms with Gasteiger partial charge < -0.3 is 0 Å². The lowest BCUT2D eigenvalue weighted by Gasteiger charge is -2.20. The molecule has 2 aromatic rings. The van der Waals surface area contributed by atoms with E-state index in [4.69, 9.17) is 0 Å². The van der Waals surface area contributed by atoms with E-state index in [2.05, 4.69) is 60.7 Å². The Morgan fingerprint density at radius 1 is 0.571 bits per heavy atom. The highest BCUT2D eigenvalue weighted by molar-refractivity contribution is 5.98. The van der Waals surface area contributed by atoms with Crippen molar-refractivity contribution in [2.75, 3.05) is 0 Å². The maximum absolute atomic E-state index is 2.33. The third-order valence-electron chi connectivity index (χ3n) is 6.71. The lowest BCUT2D eigenvalue weighted by atomic mass is 9.84. The summed E-state index contributed by atoms with van der Waals surface area (Å²) in [5, 5.41) is 0. The van der Waals surface area contributed by atoms with Gasteiger partial charge in [0.05, 0.1) is 0 Å². The Bertz CT molecular complexity index is 692. The van der Waals surface area contributed by atoms with Gasteiger partial charge in [-0.05, 0) is 64.2 Å². The number of rotatable bonds is 2. The van der Waals surface area contributed by atoms with Crippen LogP contribution in [0.15, 0.2) is 60.7 Å². The first kappa shape index (κ1) is 10.8. The van der Waals surface area contributed by atoms with Gasteiger partial charge in [0.2, 0.25) is 0 Å². The van der Waals surface area contributed by atoms with Crippen molar-refractivity contribution in [3.8, 4) is 0 Å². The fraction of sp³-hybridized carbons (Fsp3) is 0.333. The topological polar surface area (TPSA) is 0 Å². The van der Waals surface area contributed by atoms with Gasteiger partial charge in [0.1, 0.15) is 0 Å².